The summed E-state index contributed by atoms with van der Waals surface area (Å²) in [5.74, 6) is 2.38. The van der Waals surface area contributed by atoms with Gasteiger partial charge in [0, 0.05) is 24.6 Å². The molecule has 21 heavy (non-hydrogen) atoms. The maximum Gasteiger partial charge on any atom is 0.160 e. The van der Waals surface area contributed by atoms with Crippen LogP contribution >= 0.6 is 0 Å². The molecule has 0 radical (unpaired) electrons. The summed E-state index contributed by atoms with van der Waals surface area (Å²) >= 11 is 0. The van der Waals surface area contributed by atoms with E-state index in [0.717, 1.165) is 30.3 Å². The van der Waals surface area contributed by atoms with Crippen molar-refractivity contribution >= 4 is 5.82 Å². The molecule has 4 heteroatoms. The van der Waals surface area contributed by atoms with Crippen molar-refractivity contribution in [1.82, 2.24) is 9.97 Å². The molecule has 0 bridgehead atoms. The molecule has 4 nitrogen and oxygen atoms in total. The Bertz CT molecular complexity index is 464. The standard InChI is InChI=1S/C17H29N3O/c1-6-10-18-14-11-13(17(3,4)5)19-16(20-14)15(21-7-2)12-8-9-12/h11-12,15H,6-10H2,1-5H3,(H,18,19,20). The van der Waals surface area contributed by atoms with E-state index in [1.165, 1.54) is 12.8 Å². The highest BCUT2D eigenvalue weighted by Gasteiger charge is 2.35. The molecule has 1 heterocycles. The fourth-order valence-electron chi connectivity index (χ4n) is 2.32. The molecule has 1 saturated carbocycles. The lowest BCUT2D eigenvalue weighted by atomic mass is 9.91. The molecule has 0 aromatic carbocycles. The maximum absolute atomic E-state index is 5.93. The minimum Gasteiger partial charge on any atom is -0.370 e. The first-order chi connectivity index (χ1) is 9.95. The number of aromatic nitrogens is 2. The molecule has 118 valence electrons. The first-order valence-corrected chi connectivity index (χ1v) is 8.20. The SMILES string of the molecule is CCCNc1cc(C(C)(C)C)nc(C(OCC)C2CC2)n1. The largest absolute Gasteiger partial charge is 0.370 e. The number of hydrogen-bond acceptors (Lipinski definition) is 4. The van der Waals surface area contributed by atoms with Crippen molar-refractivity contribution in [1.29, 1.82) is 0 Å². The predicted molar refractivity (Wildman–Crippen MR) is 86.6 cm³/mol. The van der Waals surface area contributed by atoms with Crippen LogP contribution in [0.2, 0.25) is 0 Å². The van der Waals surface area contributed by atoms with Gasteiger partial charge < -0.3 is 10.1 Å². The molecule has 1 aliphatic rings. The molecule has 1 fully saturated rings. The van der Waals surface area contributed by atoms with E-state index in [0.29, 0.717) is 12.5 Å². The Morgan fingerprint density at radius 2 is 2.00 bits per heavy atom. The molecule has 1 unspecified atom stereocenters. The number of anilines is 1. The zero-order valence-electron chi connectivity index (χ0n) is 14.1. The average Bonchev–Trinajstić information content (AvgIpc) is 3.25. The zero-order chi connectivity index (χ0) is 15.5. The van der Waals surface area contributed by atoms with Crippen molar-refractivity contribution in [3.8, 4) is 0 Å². The van der Waals surface area contributed by atoms with Gasteiger partial charge in [-0.25, -0.2) is 9.97 Å². The molecule has 1 atom stereocenters. The van der Waals surface area contributed by atoms with Gasteiger partial charge in [-0.2, -0.15) is 0 Å². The lowest BCUT2D eigenvalue weighted by Gasteiger charge is -2.22. The Labute approximate surface area is 128 Å². The minimum absolute atomic E-state index is 0.0145. The van der Waals surface area contributed by atoms with Gasteiger partial charge >= 0.3 is 0 Å². The molecule has 0 spiro atoms. The highest BCUT2D eigenvalue weighted by molar-refractivity contribution is 5.38. The second-order valence-electron chi connectivity index (χ2n) is 6.89. The molecule has 1 aromatic heterocycles. The maximum atomic E-state index is 5.93. The van der Waals surface area contributed by atoms with E-state index in [1.54, 1.807) is 0 Å². The van der Waals surface area contributed by atoms with Crippen LogP contribution in [0.4, 0.5) is 5.82 Å². The predicted octanol–water partition coefficient (Wildman–Crippen LogP) is 4.08. The van der Waals surface area contributed by atoms with E-state index in [2.05, 4.69) is 39.1 Å². The van der Waals surface area contributed by atoms with E-state index in [-0.39, 0.29) is 11.5 Å². The summed E-state index contributed by atoms with van der Waals surface area (Å²) in [7, 11) is 0. The van der Waals surface area contributed by atoms with Gasteiger partial charge in [-0.1, -0.05) is 27.7 Å². The third-order valence-corrected chi connectivity index (χ3v) is 3.72. The average molecular weight is 291 g/mol. The topological polar surface area (TPSA) is 47.0 Å². The Balaban J connectivity index is 2.33. The first kappa shape index (κ1) is 16.2. The van der Waals surface area contributed by atoms with Crippen LogP contribution in [0.25, 0.3) is 0 Å². The van der Waals surface area contributed by atoms with Crippen LogP contribution in [-0.4, -0.2) is 23.1 Å². The fourth-order valence-corrected chi connectivity index (χ4v) is 2.32. The molecule has 1 aromatic rings. The Kier molecular flexibility index (Phi) is 5.20. The second kappa shape index (κ2) is 6.73. The van der Waals surface area contributed by atoms with Crippen LogP contribution in [0.3, 0.4) is 0 Å². The summed E-state index contributed by atoms with van der Waals surface area (Å²) in [4.78, 5) is 9.53. The normalized spacial score (nSPS) is 16.8. The molecule has 1 aliphatic carbocycles. The van der Waals surface area contributed by atoms with Gasteiger partial charge in [0.25, 0.3) is 0 Å². The van der Waals surface area contributed by atoms with Gasteiger partial charge in [0.05, 0.1) is 5.69 Å². The summed E-state index contributed by atoms with van der Waals surface area (Å²) in [5, 5.41) is 3.40. The van der Waals surface area contributed by atoms with Crippen molar-refractivity contribution in [2.45, 2.75) is 65.4 Å². The third kappa shape index (κ3) is 4.40. The van der Waals surface area contributed by atoms with Crippen LogP contribution in [-0.2, 0) is 10.2 Å². The van der Waals surface area contributed by atoms with Crippen molar-refractivity contribution < 1.29 is 4.74 Å². The lowest BCUT2D eigenvalue weighted by Crippen LogP contribution is -2.20. The van der Waals surface area contributed by atoms with E-state index >= 15 is 0 Å². The molecule has 2 rings (SSSR count). The number of nitrogens with zero attached hydrogens (tertiary/aromatic N) is 2. The molecule has 1 N–H and O–H groups in total. The highest BCUT2D eigenvalue weighted by Crippen LogP contribution is 2.42. The summed E-state index contributed by atoms with van der Waals surface area (Å²) < 4.78 is 5.93. The number of ether oxygens (including phenoxy) is 1. The molecular weight excluding hydrogens is 262 g/mol. The van der Waals surface area contributed by atoms with E-state index in [1.807, 2.05) is 6.92 Å². The molecule has 0 aliphatic heterocycles. The quantitative estimate of drug-likeness (QED) is 0.822. The van der Waals surface area contributed by atoms with Gasteiger partial charge in [0.2, 0.25) is 0 Å². The Morgan fingerprint density at radius 3 is 2.52 bits per heavy atom. The number of rotatable bonds is 7. The summed E-state index contributed by atoms with van der Waals surface area (Å²) in [6.45, 7) is 12.4. The smallest absolute Gasteiger partial charge is 0.160 e. The third-order valence-electron chi connectivity index (χ3n) is 3.72. The van der Waals surface area contributed by atoms with Gasteiger partial charge in [0.1, 0.15) is 11.9 Å². The second-order valence-corrected chi connectivity index (χ2v) is 6.89. The van der Waals surface area contributed by atoms with Gasteiger partial charge in [-0.15, -0.1) is 0 Å². The lowest BCUT2D eigenvalue weighted by molar-refractivity contribution is 0.0398. The van der Waals surface area contributed by atoms with Gasteiger partial charge in [-0.05, 0) is 32.1 Å². The molecular formula is C17H29N3O. The van der Waals surface area contributed by atoms with E-state index in [4.69, 9.17) is 14.7 Å². The van der Waals surface area contributed by atoms with Crippen LogP contribution in [0.15, 0.2) is 6.07 Å². The van der Waals surface area contributed by atoms with Crippen molar-refractivity contribution in [3.63, 3.8) is 0 Å². The monoisotopic (exact) mass is 291 g/mol. The van der Waals surface area contributed by atoms with Crippen LogP contribution in [0.5, 0.6) is 0 Å². The molecule has 0 amide bonds. The Hall–Kier alpha value is -1.16. The van der Waals surface area contributed by atoms with E-state index < -0.39 is 0 Å². The number of nitrogens with one attached hydrogen (secondary N) is 1. The van der Waals surface area contributed by atoms with Crippen molar-refractivity contribution in [2.75, 3.05) is 18.5 Å². The van der Waals surface area contributed by atoms with E-state index in [9.17, 15) is 0 Å². The summed E-state index contributed by atoms with van der Waals surface area (Å²) in [5.41, 5.74) is 1.09. The van der Waals surface area contributed by atoms with Crippen molar-refractivity contribution in [3.05, 3.63) is 17.6 Å². The Morgan fingerprint density at radius 1 is 1.29 bits per heavy atom. The zero-order valence-corrected chi connectivity index (χ0v) is 14.1. The highest BCUT2D eigenvalue weighted by atomic mass is 16.5. The summed E-state index contributed by atoms with van der Waals surface area (Å²) in [6, 6.07) is 2.08. The van der Waals surface area contributed by atoms with Gasteiger partial charge in [0.15, 0.2) is 5.82 Å². The van der Waals surface area contributed by atoms with Crippen LogP contribution < -0.4 is 5.32 Å². The van der Waals surface area contributed by atoms with Crippen molar-refractivity contribution in [2.24, 2.45) is 5.92 Å². The summed E-state index contributed by atoms with van der Waals surface area (Å²) in [6.07, 6.45) is 3.60. The van der Waals surface area contributed by atoms with Gasteiger partial charge in [-0.3, -0.25) is 0 Å². The van der Waals surface area contributed by atoms with Crippen LogP contribution in [0, 0.1) is 5.92 Å². The minimum atomic E-state index is 0.0145. The number of hydrogen-bond donors (Lipinski definition) is 1. The first-order valence-electron chi connectivity index (χ1n) is 8.20. The van der Waals surface area contributed by atoms with Crippen LogP contribution in [0.1, 0.15) is 71.5 Å². The molecule has 0 saturated heterocycles. The fraction of sp³-hybridized carbons (Fsp3) is 0.765.